The van der Waals surface area contributed by atoms with Crippen LogP contribution in [0.1, 0.15) is 26.7 Å². The first kappa shape index (κ1) is 10.5. The maximum atomic E-state index is 11.8. The van der Waals surface area contributed by atoms with E-state index in [9.17, 15) is 18.0 Å². The molecule has 11 heavy (non-hydrogen) atoms. The zero-order valence-corrected chi connectivity index (χ0v) is 6.53. The summed E-state index contributed by atoms with van der Waals surface area (Å²) in [4.78, 5) is 10.6. The highest BCUT2D eigenvalue weighted by atomic mass is 19.4. The molecule has 0 spiro atoms. The van der Waals surface area contributed by atoms with Crippen LogP contribution in [0.3, 0.4) is 0 Å². The van der Waals surface area contributed by atoms with Crippen molar-refractivity contribution in [2.45, 2.75) is 32.9 Å². The Labute approximate surface area is 63.6 Å². The summed E-state index contributed by atoms with van der Waals surface area (Å²) in [5.41, 5.74) is 0. The van der Waals surface area contributed by atoms with E-state index in [-0.39, 0.29) is 18.6 Å². The maximum absolute atomic E-state index is 11.8. The molecule has 1 unspecified atom stereocenters. The average Bonchev–Trinajstić information content (AvgIpc) is 1.85. The normalized spacial score (nSPS) is 14.6. The molecule has 0 fully saturated rings. The molecule has 0 aliphatic rings. The molecule has 0 radical (unpaired) electrons. The lowest BCUT2D eigenvalue weighted by atomic mass is 10.0. The Hall–Kier alpha value is -0.540. The van der Waals surface area contributed by atoms with E-state index in [1.165, 1.54) is 0 Å². The number of carbonyl (C=O) groups is 1. The molecule has 0 rings (SSSR count). The summed E-state index contributed by atoms with van der Waals surface area (Å²) in [5, 5.41) is 0. The van der Waals surface area contributed by atoms with E-state index in [2.05, 4.69) is 0 Å². The third-order valence-electron chi connectivity index (χ3n) is 1.49. The lowest BCUT2D eigenvalue weighted by Gasteiger charge is -2.13. The van der Waals surface area contributed by atoms with Gasteiger partial charge in [-0.1, -0.05) is 13.8 Å². The molecule has 1 atom stereocenters. The minimum Gasteiger partial charge on any atom is -0.300 e. The van der Waals surface area contributed by atoms with Crippen LogP contribution in [0, 0.1) is 5.92 Å². The van der Waals surface area contributed by atoms with E-state index in [4.69, 9.17) is 0 Å². The molecule has 66 valence electrons. The quantitative estimate of drug-likeness (QED) is 0.632. The van der Waals surface area contributed by atoms with Gasteiger partial charge in [-0.25, -0.2) is 0 Å². The predicted molar refractivity (Wildman–Crippen MR) is 35.1 cm³/mol. The molecule has 0 saturated heterocycles. The predicted octanol–water partition coefficient (Wildman–Crippen LogP) is 2.55. The van der Waals surface area contributed by atoms with Gasteiger partial charge in [-0.15, -0.1) is 0 Å². The topological polar surface area (TPSA) is 17.1 Å². The minimum absolute atomic E-state index is 0.181. The third kappa shape index (κ3) is 4.01. The molecular formula is C7H11F3O. The average molecular weight is 168 g/mol. The minimum atomic E-state index is -4.23. The summed E-state index contributed by atoms with van der Waals surface area (Å²) in [6.45, 7) is 2.58. The smallest absolute Gasteiger partial charge is 0.300 e. The van der Waals surface area contributed by atoms with Gasteiger partial charge in [0, 0.05) is 12.8 Å². The molecule has 0 aromatic rings. The van der Waals surface area contributed by atoms with Crippen LogP contribution in [0.25, 0.3) is 0 Å². The molecule has 0 saturated carbocycles. The van der Waals surface area contributed by atoms with Crippen LogP contribution in [0.15, 0.2) is 0 Å². The van der Waals surface area contributed by atoms with E-state index in [1.54, 1.807) is 6.92 Å². The highest BCUT2D eigenvalue weighted by Crippen LogP contribution is 2.28. The number of hydrogen-bond donors (Lipinski definition) is 0. The van der Waals surface area contributed by atoms with Crippen molar-refractivity contribution in [1.29, 1.82) is 0 Å². The van der Waals surface area contributed by atoms with Crippen LogP contribution >= 0.6 is 0 Å². The highest BCUT2D eigenvalue weighted by Gasteiger charge is 2.36. The van der Waals surface area contributed by atoms with Gasteiger partial charge in [-0.2, -0.15) is 13.2 Å². The fraction of sp³-hybridized carbons (Fsp3) is 0.857. The van der Waals surface area contributed by atoms with Gasteiger partial charge in [0.25, 0.3) is 0 Å². The van der Waals surface area contributed by atoms with Crippen molar-refractivity contribution < 1.29 is 18.0 Å². The summed E-state index contributed by atoms with van der Waals surface area (Å²) < 4.78 is 35.4. The number of ketones is 1. The van der Waals surface area contributed by atoms with Crippen molar-refractivity contribution >= 4 is 5.78 Å². The molecule has 1 nitrogen and oxygen atoms in total. The van der Waals surface area contributed by atoms with Crippen molar-refractivity contribution in [2.75, 3.05) is 0 Å². The monoisotopic (exact) mass is 168 g/mol. The van der Waals surface area contributed by atoms with Crippen molar-refractivity contribution in [3.63, 3.8) is 0 Å². The van der Waals surface area contributed by atoms with Crippen LogP contribution in [0.4, 0.5) is 13.2 Å². The molecular weight excluding hydrogens is 157 g/mol. The van der Waals surface area contributed by atoms with Crippen molar-refractivity contribution in [3.8, 4) is 0 Å². The van der Waals surface area contributed by atoms with Gasteiger partial charge in [-0.05, 0) is 0 Å². The molecule has 4 heteroatoms. The summed E-state index contributed by atoms with van der Waals surface area (Å²) >= 11 is 0. The summed E-state index contributed by atoms with van der Waals surface area (Å²) in [7, 11) is 0. The fourth-order valence-electron chi connectivity index (χ4n) is 0.602. The second-order valence-corrected chi connectivity index (χ2v) is 2.54. The molecule has 0 aromatic carbocycles. The summed E-state index contributed by atoms with van der Waals surface area (Å²) in [6, 6.07) is 0. The maximum Gasteiger partial charge on any atom is 0.391 e. The summed E-state index contributed by atoms with van der Waals surface area (Å²) in [6.07, 6.45) is -4.44. The Morgan fingerprint density at radius 2 is 1.91 bits per heavy atom. The number of rotatable bonds is 3. The van der Waals surface area contributed by atoms with Crippen LogP contribution in [0.2, 0.25) is 0 Å². The van der Waals surface area contributed by atoms with E-state index < -0.39 is 12.1 Å². The third-order valence-corrected chi connectivity index (χ3v) is 1.49. The number of alkyl halides is 3. The van der Waals surface area contributed by atoms with Gasteiger partial charge in [0.1, 0.15) is 5.78 Å². The lowest BCUT2D eigenvalue weighted by molar-refractivity contribution is -0.173. The largest absolute Gasteiger partial charge is 0.391 e. The Bertz CT molecular complexity index is 139. The molecule has 0 heterocycles. The summed E-state index contributed by atoms with van der Waals surface area (Å²) in [5.74, 6) is -1.84. The molecule has 0 aromatic heterocycles. The van der Waals surface area contributed by atoms with E-state index >= 15 is 0 Å². The van der Waals surface area contributed by atoms with Gasteiger partial charge >= 0.3 is 6.18 Å². The molecule has 0 aliphatic carbocycles. The SMILES string of the molecule is CCC(=O)CC(C)C(F)(F)F. The molecule has 0 aliphatic heterocycles. The second kappa shape index (κ2) is 3.74. The van der Waals surface area contributed by atoms with Crippen LogP contribution in [-0.2, 0) is 4.79 Å². The van der Waals surface area contributed by atoms with Gasteiger partial charge in [0.2, 0.25) is 0 Å². The zero-order valence-electron chi connectivity index (χ0n) is 6.53. The first-order valence-electron chi connectivity index (χ1n) is 3.46. The molecule has 0 amide bonds. The number of hydrogen-bond acceptors (Lipinski definition) is 1. The number of halogens is 3. The van der Waals surface area contributed by atoms with Crippen LogP contribution in [0.5, 0.6) is 0 Å². The number of Topliss-reactive ketones (excluding diaryl/α,β-unsaturated/α-hetero) is 1. The lowest BCUT2D eigenvalue weighted by Crippen LogP contribution is -2.22. The molecule has 0 bridgehead atoms. The van der Waals surface area contributed by atoms with Crippen LogP contribution in [-0.4, -0.2) is 12.0 Å². The Morgan fingerprint density at radius 1 is 1.45 bits per heavy atom. The Morgan fingerprint density at radius 3 is 2.18 bits per heavy atom. The van der Waals surface area contributed by atoms with Gasteiger partial charge < -0.3 is 0 Å². The first-order chi connectivity index (χ1) is 4.88. The standard InChI is InChI=1S/C7H11F3O/c1-3-6(11)4-5(2)7(8,9)10/h5H,3-4H2,1-2H3. The van der Waals surface area contributed by atoms with Gasteiger partial charge in [-0.3, -0.25) is 4.79 Å². The van der Waals surface area contributed by atoms with E-state index in [1.807, 2.05) is 0 Å². The van der Waals surface area contributed by atoms with E-state index in [0.29, 0.717) is 0 Å². The zero-order chi connectivity index (χ0) is 9.07. The Kier molecular flexibility index (Phi) is 3.55. The van der Waals surface area contributed by atoms with Crippen molar-refractivity contribution in [2.24, 2.45) is 5.92 Å². The van der Waals surface area contributed by atoms with Crippen LogP contribution < -0.4 is 0 Å². The van der Waals surface area contributed by atoms with Crippen molar-refractivity contribution in [1.82, 2.24) is 0 Å². The fourth-order valence-corrected chi connectivity index (χ4v) is 0.602. The van der Waals surface area contributed by atoms with Gasteiger partial charge in [0.15, 0.2) is 0 Å². The molecule has 0 N–H and O–H groups in total. The number of carbonyl (C=O) groups excluding carboxylic acids is 1. The van der Waals surface area contributed by atoms with Gasteiger partial charge in [0.05, 0.1) is 5.92 Å². The Balaban J connectivity index is 3.87. The first-order valence-corrected chi connectivity index (χ1v) is 3.46. The second-order valence-electron chi connectivity index (χ2n) is 2.54. The van der Waals surface area contributed by atoms with E-state index in [0.717, 1.165) is 6.92 Å². The van der Waals surface area contributed by atoms with Crippen molar-refractivity contribution in [3.05, 3.63) is 0 Å². The highest BCUT2D eigenvalue weighted by molar-refractivity contribution is 5.78.